The van der Waals surface area contributed by atoms with E-state index in [1.54, 1.807) is 28.7 Å². The monoisotopic (exact) mass is 840 g/mol. The Balaban J connectivity index is 0.844. The van der Waals surface area contributed by atoms with Crippen LogP contribution < -0.4 is 0 Å². The first-order chi connectivity index (χ1) is 29.3. The van der Waals surface area contributed by atoms with E-state index in [-0.39, 0.29) is 39.7 Å². The summed E-state index contributed by atoms with van der Waals surface area (Å²) in [6, 6.07) is 34.3. The molecule has 6 aromatic carbocycles. The molecule has 61 heavy (non-hydrogen) atoms. The number of carbonyl (C=O) groups is 4. The lowest BCUT2D eigenvalue weighted by Gasteiger charge is -2.25. The summed E-state index contributed by atoms with van der Waals surface area (Å²) in [5.74, 6) is -0.870. The number of Topliss-reactive ketones (excluding diaryl/α,β-unsaturated/α-hetero) is 4. The molecule has 0 saturated heterocycles. The molecule has 4 aliphatic rings. The average Bonchev–Trinajstić information content (AvgIpc) is 4.07. The molecule has 0 bridgehead atoms. The van der Waals surface area contributed by atoms with Gasteiger partial charge in [-0.15, -0.1) is 34.0 Å². The van der Waals surface area contributed by atoms with Crippen molar-refractivity contribution in [1.82, 2.24) is 0 Å². The van der Waals surface area contributed by atoms with Gasteiger partial charge in [0.25, 0.3) is 0 Å². The standard InChI is InChI=1S/C54H32O4S3/c1-53(2)33(21-39-45(55)35-17-29-13-25-9-5-6-10-26(25)14-30(29)18-36(35)46(39)56)22-41-43(53)50-44(54(41,3)4)51-52(61-50)49-42(60-51)24-34(59-49)23-40-47(57)37-19-31-15-27-11-7-8-12-28(27)16-32(31)20-38(37)48(40)58/h5-24H,1-4H3. The Bertz CT molecular complexity index is 3680. The summed E-state index contributed by atoms with van der Waals surface area (Å²) in [5.41, 5.74) is 6.38. The van der Waals surface area contributed by atoms with E-state index in [0.717, 1.165) is 58.2 Å². The van der Waals surface area contributed by atoms with E-state index < -0.39 is 5.41 Å². The molecule has 0 aliphatic heterocycles. The number of ketones is 4. The molecule has 9 aromatic rings. The molecule has 0 radical (unpaired) electrons. The van der Waals surface area contributed by atoms with E-state index in [1.165, 1.54) is 35.7 Å². The number of allylic oxidation sites excluding steroid dienone is 7. The van der Waals surface area contributed by atoms with Crippen molar-refractivity contribution < 1.29 is 19.2 Å². The minimum absolute atomic E-state index is 0.215. The smallest absolute Gasteiger partial charge is 0.197 e. The second kappa shape index (κ2) is 11.7. The van der Waals surface area contributed by atoms with Crippen LogP contribution in [0.15, 0.2) is 138 Å². The van der Waals surface area contributed by atoms with Crippen molar-refractivity contribution in [3.8, 4) is 0 Å². The van der Waals surface area contributed by atoms with Crippen LogP contribution in [-0.4, -0.2) is 23.1 Å². The summed E-state index contributed by atoms with van der Waals surface area (Å²) in [5, 5.41) is 8.18. The van der Waals surface area contributed by atoms with Gasteiger partial charge in [0.15, 0.2) is 23.1 Å². The Morgan fingerprint density at radius 3 is 1.39 bits per heavy atom. The van der Waals surface area contributed by atoms with Crippen molar-refractivity contribution in [2.75, 3.05) is 0 Å². The zero-order chi connectivity index (χ0) is 41.4. The van der Waals surface area contributed by atoms with Gasteiger partial charge in [-0.05, 0) is 132 Å². The molecule has 0 amide bonds. The van der Waals surface area contributed by atoms with Crippen LogP contribution in [0.3, 0.4) is 0 Å². The van der Waals surface area contributed by atoms with Crippen LogP contribution in [0.5, 0.6) is 0 Å². The molecule has 290 valence electrons. The van der Waals surface area contributed by atoms with Crippen molar-refractivity contribution in [1.29, 1.82) is 0 Å². The van der Waals surface area contributed by atoms with Gasteiger partial charge < -0.3 is 0 Å². The molecule has 4 nitrogen and oxygen atoms in total. The lowest BCUT2D eigenvalue weighted by molar-refractivity contribution is 0.0974. The topological polar surface area (TPSA) is 68.3 Å². The lowest BCUT2D eigenvalue weighted by Crippen LogP contribution is -2.15. The largest absolute Gasteiger partial charge is 0.288 e. The summed E-state index contributed by atoms with van der Waals surface area (Å²) in [6.07, 6.45) is 5.88. The molecule has 0 unspecified atom stereocenters. The average molecular weight is 841 g/mol. The van der Waals surface area contributed by atoms with Gasteiger partial charge in [0.2, 0.25) is 0 Å². The highest BCUT2D eigenvalue weighted by molar-refractivity contribution is 7.39. The van der Waals surface area contributed by atoms with Gasteiger partial charge in [-0.2, -0.15) is 0 Å². The fourth-order valence-electron chi connectivity index (χ4n) is 10.4. The van der Waals surface area contributed by atoms with Gasteiger partial charge in [0.1, 0.15) is 0 Å². The Morgan fingerprint density at radius 1 is 0.459 bits per heavy atom. The molecule has 0 N–H and O–H groups in total. The van der Waals surface area contributed by atoms with E-state index >= 15 is 0 Å². The first-order valence-electron chi connectivity index (χ1n) is 20.4. The molecule has 7 heteroatoms. The Labute approximate surface area is 361 Å². The maximum Gasteiger partial charge on any atom is 0.197 e. The zero-order valence-corrected chi connectivity index (χ0v) is 35.9. The fraction of sp³-hybridized carbons (Fsp3) is 0.111. The van der Waals surface area contributed by atoms with Crippen LogP contribution in [0.2, 0.25) is 0 Å². The lowest BCUT2D eigenvalue weighted by atomic mass is 9.79. The fourth-order valence-corrected chi connectivity index (χ4v) is 15.2. The highest BCUT2D eigenvalue weighted by Crippen LogP contribution is 2.65. The minimum atomic E-state index is -0.449. The SMILES string of the molecule is CC1(C)C(C=C2C(=O)c3cc4cc5ccccc5cc4cc3C2=O)=CC2=C1c1sc3c(sc4cc(C=C5C(=O)c6cc7cc8ccccc8cc7cc6C5=O)sc43)c1C2(C)C. The number of thiophene rings is 3. The van der Waals surface area contributed by atoms with Gasteiger partial charge >= 0.3 is 0 Å². The van der Waals surface area contributed by atoms with Crippen LogP contribution in [0.1, 0.15) is 84.4 Å². The summed E-state index contributed by atoms with van der Waals surface area (Å²) in [7, 11) is 0. The van der Waals surface area contributed by atoms with Crippen molar-refractivity contribution >= 4 is 131 Å². The van der Waals surface area contributed by atoms with Crippen LogP contribution in [-0.2, 0) is 5.41 Å². The van der Waals surface area contributed by atoms with E-state index in [1.807, 2.05) is 65.9 Å². The van der Waals surface area contributed by atoms with Gasteiger partial charge in [-0.3, -0.25) is 19.2 Å². The first kappa shape index (κ1) is 35.4. The van der Waals surface area contributed by atoms with Gasteiger partial charge in [-0.1, -0.05) is 82.3 Å². The summed E-state index contributed by atoms with van der Waals surface area (Å²) >= 11 is 5.22. The molecule has 3 aromatic heterocycles. The third-order valence-corrected chi connectivity index (χ3v) is 17.5. The van der Waals surface area contributed by atoms with E-state index in [4.69, 9.17) is 0 Å². The molecule has 13 rings (SSSR count). The number of hydrogen-bond donors (Lipinski definition) is 0. The Morgan fingerprint density at radius 2 is 0.918 bits per heavy atom. The van der Waals surface area contributed by atoms with Crippen LogP contribution in [0.4, 0.5) is 0 Å². The minimum Gasteiger partial charge on any atom is -0.288 e. The molecular weight excluding hydrogens is 809 g/mol. The molecule has 3 heterocycles. The second-order valence-electron chi connectivity index (χ2n) is 17.9. The number of carbonyl (C=O) groups excluding carboxylic acids is 4. The molecular formula is C54H32O4S3. The van der Waals surface area contributed by atoms with Crippen molar-refractivity contribution in [2.24, 2.45) is 5.41 Å². The number of rotatable bonds is 2. The first-order valence-corrected chi connectivity index (χ1v) is 22.8. The Hall–Kier alpha value is -6.38. The highest BCUT2D eigenvalue weighted by Gasteiger charge is 2.50. The van der Waals surface area contributed by atoms with Gasteiger partial charge in [0, 0.05) is 47.5 Å². The van der Waals surface area contributed by atoms with Crippen molar-refractivity contribution in [3.63, 3.8) is 0 Å². The van der Waals surface area contributed by atoms with E-state index in [9.17, 15) is 19.2 Å². The molecule has 0 fully saturated rings. The quantitative estimate of drug-likeness (QED) is 0.0988. The summed E-state index contributed by atoms with van der Waals surface area (Å²) in [6.45, 7) is 8.98. The summed E-state index contributed by atoms with van der Waals surface area (Å²) in [4.78, 5) is 57.8. The molecule has 0 spiro atoms. The molecule has 4 aliphatic carbocycles. The Kier molecular flexibility index (Phi) is 6.79. The number of hydrogen-bond acceptors (Lipinski definition) is 7. The van der Waals surface area contributed by atoms with E-state index in [0.29, 0.717) is 22.3 Å². The third-order valence-electron chi connectivity index (χ3n) is 13.7. The highest BCUT2D eigenvalue weighted by atomic mass is 32.1. The second-order valence-corrected chi connectivity index (χ2v) is 21.0. The van der Waals surface area contributed by atoms with Crippen molar-refractivity contribution in [2.45, 2.75) is 33.1 Å². The van der Waals surface area contributed by atoms with Crippen LogP contribution in [0, 0.1) is 5.41 Å². The number of benzene rings is 6. The van der Waals surface area contributed by atoms with Crippen molar-refractivity contribution in [3.05, 3.63) is 175 Å². The number of fused-ring (bicyclic) bond motifs is 12. The predicted molar refractivity (Wildman–Crippen MR) is 253 cm³/mol. The summed E-state index contributed by atoms with van der Waals surface area (Å²) < 4.78 is 4.82. The van der Waals surface area contributed by atoms with E-state index in [2.05, 4.69) is 88.4 Å². The normalized spacial score (nSPS) is 17.5. The zero-order valence-electron chi connectivity index (χ0n) is 33.4. The third kappa shape index (κ3) is 4.63. The predicted octanol–water partition coefficient (Wildman–Crippen LogP) is 14.3. The van der Waals surface area contributed by atoms with Crippen LogP contribution in [0.25, 0.3) is 73.5 Å². The van der Waals surface area contributed by atoms with Gasteiger partial charge in [-0.25, -0.2) is 0 Å². The molecule has 0 atom stereocenters. The maximum absolute atomic E-state index is 14.0. The molecule has 0 saturated carbocycles. The van der Waals surface area contributed by atoms with Crippen LogP contribution >= 0.6 is 34.0 Å². The van der Waals surface area contributed by atoms with Gasteiger partial charge in [0.05, 0.1) is 25.2 Å². The maximum atomic E-state index is 14.0.